The zero-order valence-corrected chi connectivity index (χ0v) is 13.6. The number of benzene rings is 1. The lowest BCUT2D eigenvalue weighted by molar-refractivity contribution is -0.136. The quantitative estimate of drug-likeness (QED) is 0.874. The van der Waals surface area contributed by atoms with Crippen LogP contribution in [0.3, 0.4) is 0 Å². The Bertz CT molecular complexity index is 546. The molecule has 1 aromatic rings. The number of carbonyl (C=O) groups is 2. The van der Waals surface area contributed by atoms with E-state index in [1.165, 1.54) is 31.1 Å². The lowest BCUT2D eigenvalue weighted by Gasteiger charge is -2.26. The van der Waals surface area contributed by atoms with Crippen LogP contribution in [0.2, 0.25) is 0 Å². The Kier molecular flexibility index (Phi) is 6.34. The molecule has 5 nitrogen and oxygen atoms in total. The molecular formula is C16H23FN2O3. The summed E-state index contributed by atoms with van der Waals surface area (Å²) in [4.78, 5) is 25.1. The molecule has 0 aliphatic rings. The number of likely N-dealkylation sites (N-methyl/N-ethyl adjacent to an activating group) is 1. The van der Waals surface area contributed by atoms with Crippen molar-refractivity contribution in [1.82, 2.24) is 10.2 Å². The van der Waals surface area contributed by atoms with Crippen LogP contribution in [-0.2, 0) is 16.1 Å². The van der Waals surface area contributed by atoms with Gasteiger partial charge in [-0.05, 0) is 23.6 Å². The van der Waals surface area contributed by atoms with Crippen LogP contribution >= 0.6 is 0 Å². The van der Waals surface area contributed by atoms with Crippen molar-refractivity contribution in [3.63, 3.8) is 0 Å². The van der Waals surface area contributed by atoms with Crippen LogP contribution < -0.4 is 10.1 Å². The molecule has 22 heavy (non-hydrogen) atoms. The fraction of sp³-hybridized carbons (Fsp3) is 0.500. The van der Waals surface area contributed by atoms with Gasteiger partial charge in [-0.1, -0.05) is 19.9 Å². The SMILES string of the molecule is COc1ccc(CN(C)C(=O)[C@@H](NC(C)=O)C(C)C)cc1F. The van der Waals surface area contributed by atoms with Crippen molar-refractivity contribution < 1.29 is 18.7 Å². The predicted octanol–water partition coefficient (Wildman–Crippen LogP) is 1.95. The predicted molar refractivity (Wildman–Crippen MR) is 81.9 cm³/mol. The summed E-state index contributed by atoms with van der Waals surface area (Å²) < 4.78 is 18.5. The second-order valence-corrected chi connectivity index (χ2v) is 5.59. The number of amides is 2. The molecule has 0 aromatic heterocycles. The molecule has 0 heterocycles. The number of carbonyl (C=O) groups excluding carboxylic acids is 2. The second-order valence-electron chi connectivity index (χ2n) is 5.59. The summed E-state index contributed by atoms with van der Waals surface area (Å²) >= 11 is 0. The first kappa shape index (κ1) is 17.9. The molecule has 122 valence electrons. The largest absolute Gasteiger partial charge is 0.494 e. The number of hydrogen-bond acceptors (Lipinski definition) is 3. The molecule has 1 aromatic carbocycles. The van der Waals surface area contributed by atoms with Crippen molar-refractivity contribution in [2.45, 2.75) is 33.4 Å². The Morgan fingerprint density at radius 1 is 1.36 bits per heavy atom. The average molecular weight is 310 g/mol. The summed E-state index contributed by atoms with van der Waals surface area (Å²) in [6.45, 7) is 5.35. The molecule has 2 amide bonds. The van der Waals surface area contributed by atoms with Crippen LogP contribution in [0.5, 0.6) is 5.75 Å². The molecule has 0 saturated heterocycles. The third kappa shape index (κ3) is 4.72. The number of methoxy groups -OCH3 is 1. The molecule has 1 atom stereocenters. The van der Waals surface area contributed by atoms with E-state index in [1.54, 1.807) is 13.1 Å². The molecule has 0 saturated carbocycles. The Labute approximate surface area is 130 Å². The minimum atomic E-state index is -0.592. The van der Waals surface area contributed by atoms with E-state index in [4.69, 9.17) is 4.74 Å². The van der Waals surface area contributed by atoms with E-state index in [1.807, 2.05) is 13.8 Å². The molecule has 0 fully saturated rings. The first-order valence-corrected chi connectivity index (χ1v) is 7.10. The highest BCUT2D eigenvalue weighted by molar-refractivity contribution is 5.86. The molecule has 0 bridgehead atoms. The van der Waals surface area contributed by atoms with Gasteiger partial charge in [0.2, 0.25) is 11.8 Å². The minimum Gasteiger partial charge on any atom is -0.494 e. The van der Waals surface area contributed by atoms with E-state index in [-0.39, 0.29) is 30.0 Å². The summed E-state index contributed by atoms with van der Waals surface area (Å²) in [5, 5.41) is 2.65. The van der Waals surface area contributed by atoms with Gasteiger partial charge in [-0.3, -0.25) is 9.59 Å². The zero-order chi connectivity index (χ0) is 16.9. The van der Waals surface area contributed by atoms with Gasteiger partial charge in [0.25, 0.3) is 0 Å². The lowest BCUT2D eigenvalue weighted by atomic mass is 10.0. The van der Waals surface area contributed by atoms with Gasteiger partial charge >= 0.3 is 0 Å². The molecule has 0 aliphatic heterocycles. The third-order valence-electron chi connectivity index (χ3n) is 3.30. The minimum absolute atomic E-state index is 0.0357. The van der Waals surface area contributed by atoms with Gasteiger partial charge in [0.05, 0.1) is 7.11 Å². The Morgan fingerprint density at radius 2 is 2.00 bits per heavy atom. The lowest BCUT2D eigenvalue weighted by Crippen LogP contribution is -2.49. The molecule has 0 aliphatic carbocycles. The fourth-order valence-electron chi connectivity index (χ4n) is 2.13. The van der Waals surface area contributed by atoms with Crippen molar-refractivity contribution in [1.29, 1.82) is 0 Å². The van der Waals surface area contributed by atoms with Crippen LogP contribution in [0.15, 0.2) is 18.2 Å². The van der Waals surface area contributed by atoms with Gasteiger partial charge in [-0.25, -0.2) is 4.39 Å². The summed E-state index contributed by atoms with van der Waals surface area (Å²) in [7, 11) is 3.02. The van der Waals surface area contributed by atoms with Gasteiger partial charge in [-0.15, -0.1) is 0 Å². The van der Waals surface area contributed by atoms with E-state index >= 15 is 0 Å². The highest BCUT2D eigenvalue weighted by Crippen LogP contribution is 2.19. The topological polar surface area (TPSA) is 58.6 Å². The number of halogens is 1. The smallest absolute Gasteiger partial charge is 0.245 e. The maximum atomic E-state index is 13.7. The van der Waals surface area contributed by atoms with Crippen molar-refractivity contribution >= 4 is 11.8 Å². The van der Waals surface area contributed by atoms with E-state index in [2.05, 4.69) is 5.32 Å². The summed E-state index contributed by atoms with van der Waals surface area (Å²) in [5.74, 6) is -0.803. The first-order chi connectivity index (χ1) is 10.3. The molecule has 1 rings (SSSR count). The third-order valence-corrected chi connectivity index (χ3v) is 3.30. The van der Waals surface area contributed by atoms with E-state index in [0.717, 1.165) is 0 Å². The number of nitrogens with one attached hydrogen (secondary N) is 1. The Hall–Kier alpha value is -2.11. The first-order valence-electron chi connectivity index (χ1n) is 7.10. The highest BCUT2D eigenvalue weighted by atomic mass is 19.1. The zero-order valence-electron chi connectivity index (χ0n) is 13.6. The molecule has 1 N–H and O–H groups in total. The Balaban J connectivity index is 2.82. The van der Waals surface area contributed by atoms with E-state index in [9.17, 15) is 14.0 Å². The van der Waals surface area contributed by atoms with Gasteiger partial charge in [0.1, 0.15) is 6.04 Å². The number of ether oxygens (including phenoxy) is 1. The van der Waals surface area contributed by atoms with Gasteiger partial charge in [-0.2, -0.15) is 0 Å². The molecule has 0 radical (unpaired) electrons. The molecule has 0 spiro atoms. The second kappa shape index (κ2) is 7.77. The molecule has 6 heteroatoms. The van der Waals surface area contributed by atoms with Crippen LogP contribution in [-0.4, -0.2) is 36.9 Å². The maximum absolute atomic E-state index is 13.7. The van der Waals surface area contributed by atoms with Crippen LogP contribution in [0, 0.1) is 11.7 Å². The van der Waals surface area contributed by atoms with Crippen LogP contribution in [0.1, 0.15) is 26.3 Å². The normalized spacial score (nSPS) is 12.0. The van der Waals surface area contributed by atoms with Crippen LogP contribution in [0.25, 0.3) is 0 Å². The summed E-state index contributed by atoms with van der Waals surface area (Å²) in [6.07, 6.45) is 0. The summed E-state index contributed by atoms with van der Waals surface area (Å²) in [5.41, 5.74) is 0.652. The van der Waals surface area contributed by atoms with Crippen molar-refractivity contribution in [3.05, 3.63) is 29.6 Å². The van der Waals surface area contributed by atoms with Gasteiger partial charge in [0, 0.05) is 20.5 Å². The fourth-order valence-corrected chi connectivity index (χ4v) is 2.13. The van der Waals surface area contributed by atoms with E-state index in [0.29, 0.717) is 5.56 Å². The number of hydrogen-bond donors (Lipinski definition) is 1. The Morgan fingerprint density at radius 3 is 2.45 bits per heavy atom. The molecular weight excluding hydrogens is 287 g/mol. The number of nitrogens with zero attached hydrogens (tertiary/aromatic N) is 1. The van der Waals surface area contributed by atoms with E-state index < -0.39 is 11.9 Å². The maximum Gasteiger partial charge on any atom is 0.245 e. The van der Waals surface area contributed by atoms with Crippen molar-refractivity contribution in [2.24, 2.45) is 5.92 Å². The molecule has 0 unspecified atom stereocenters. The number of rotatable bonds is 6. The van der Waals surface area contributed by atoms with Crippen LogP contribution in [0.4, 0.5) is 4.39 Å². The van der Waals surface area contributed by atoms with Gasteiger partial charge in [0.15, 0.2) is 11.6 Å². The van der Waals surface area contributed by atoms with Gasteiger partial charge < -0.3 is 15.0 Å². The average Bonchev–Trinajstić information content (AvgIpc) is 2.43. The highest BCUT2D eigenvalue weighted by Gasteiger charge is 2.26. The monoisotopic (exact) mass is 310 g/mol. The van der Waals surface area contributed by atoms with Crippen molar-refractivity contribution in [3.8, 4) is 5.75 Å². The summed E-state index contributed by atoms with van der Waals surface area (Å²) in [6, 6.07) is 3.97. The van der Waals surface area contributed by atoms with Crippen molar-refractivity contribution in [2.75, 3.05) is 14.2 Å². The standard InChI is InChI=1S/C16H23FN2O3/c1-10(2)15(18-11(3)20)16(21)19(4)9-12-6-7-14(22-5)13(17)8-12/h6-8,10,15H,9H2,1-5H3,(H,18,20)/t15-/m0/s1.